The number of Topliss-reactive ketones (excluding diaryl/α,β-unsaturated/α-hetero) is 1. The van der Waals surface area contributed by atoms with Crippen molar-refractivity contribution in [3.63, 3.8) is 0 Å². The molecule has 4 nitrogen and oxygen atoms in total. The molecule has 0 spiro atoms. The highest BCUT2D eigenvalue weighted by molar-refractivity contribution is 5.96. The first-order valence-electron chi connectivity index (χ1n) is 7.69. The lowest BCUT2D eigenvalue weighted by atomic mass is 10.1. The Bertz CT molecular complexity index is 455. The normalized spacial score (nSPS) is 18.7. The van der Waals surface area contributed by atoms with Crippen LogP contribution in [0.2, 0.25) is 0 Å². The summed E-state index contributed by atoms with van der Waals surface area (Å²) in [4.78, 5) is 13.7. The summed E-state index contributed by atoms with van der Waals surface area (Å²) in [6.45, 7) is 4.80. The lowest BCUT2D eigenvalue weighted by Crippen LogP contribution is -2.35. The average molecular weight is 291 g/mol. The van der Waals surface area contributed by atoms with E-state index >= 15 is 0 Å². The summed E-state index contributed by atoms with van der Waals surface area (Å²) in [5.74, 6) is 0.710. The van der Waals surface area contributed by atoms with Crippen molar-refractivity contribution in [2.24, 2.45) is 0 Å². The van der Waals surface area contributed by atoms with Crippen LogP contribution in [0.25, 0.3) is 0 Å². The van der Waals surface area contributed by atoms with Crippen molar-refractivity contribution >= 4 is 5.78 Å². The van der Waals surface area contributed by atoms with Gasteiger partial charge in [0.05, 0.1) is 11.7 Å². The Kier molecular flexibility index (Phi) is 6.21. The number of hydrogen-bond acceptors (Lipinski definition) is 4. The maximum Gasteiger partial charge on any atom is 0.163 e. The first-order chi connectivity index (χ1) is 10.2. The van der Waals surface area contributed by atoms with E-state index < -0.39 is 0 Å². The lowest BCUT2D eigenvalue weighted by molar-refractivity contribution is -0.00283. The summed E-state index contributed by atoms with van der Waals surface area (Å²) in [5, 5.41) is 0. The topological polar surface area (TPSA) is 38.8 Å². The van der Waals surface area contributed by atoms with Crippen LogP contribution in [-0.2, 0) is 4.74 Å². The van der Waals surface area contributed by atoms with Gasteiger partial charge in [-0.15, -0.1) is 0 Å². The third kappa shape index (κ3) is 5.14. The van der Waals surface area contributed by atoms with Crippen molar-refractivity contribution in [2.45, 2.75) is 32.3 Å². The highest BCUT2D eigenvalue weighted by Gasteiger charge is 2.15. The van der Waals surface area contributed by atoms with Crippen molar-refractivity contribution < 1.29 is 14.3 Å². The minimum Gasteiger partial charge on any atom is -0.491 e. The van der Waals surface area contributed by atoms with Gasteiger partial charge in [-0.2, -0.15) is 0 Å². The third-order valence-corrected chi connectivity index (χ3v) is 3.79. The van der Waals surface area contributed by atoms with Crippen LogP contribution < -0.4 is 4.74 Å². The van der Waals surface area contributed by atoms with Crippen LogP contribution in [-0.4, -0.2) is 50.1 Å². The Labute approximate surface area is 127 Å². The maximum atomic E-state index is 11.5. The van der Waals surface area contributed by atoms with Crippen LogP contribution in [0.1, 0.15) is 36.5 Å². The van der Waals surface area contributed by atoms with Gasteiger partial charge in [0.1, 0.15) is 12.4 Å². The molecular formula is C17H25NO3. The predicted molar refractivity (Wildman–Crippen MR) is 83.0 cm³/mol. The molecule has 1 unspecified atom stereocenters. The van der Waals surface area contributed by atoms with Gasteiger partial charge < -0.3 is 14.4 Å². The van der Waals surface area contributed by atoms with Gasteiger partial charge in [0.2, 0.25) is 0 Å². The molecule has 1 saturated heterocycles. The Hall–Kier alpha value is -1.39. The number of ether oxygens (including phenoxy) is 2. The van der Waals surface area contributed by atoms with Crippen molar-refractivity contribution in [1.82, 2.24) is 4.90 Å². The Morgan fingerprint density at radius 3 is 2.90 bits per heavy atom. The van der Waals surface area contributed by atoms with Crippen LogP contribution in [0.4, 0.5) is 0 Å². The van der Waals surface area contributed by atoms with Crippen LogP contribution in [0.15, 0.2) is 24.3 Å². The zero-order valence-corrected chi connectivity index (χ0v) is 13.0. The number of ketones is 1. The second-order valence-electron chi connectivity index (χ2n) is 5.65. The number of hydrogen-bond donors (Lipinski definition) is 0. The smallest absolute Gasteiger partial charge is 0.163 e. The quantitative estimate of drug-likeness (QED) is 0.724. The van der Waals surface area contributed by atoms with Crippen LogP contribution in [0.3, 0.4) is 0 Å². The van der Waals surface area contributed by atoms with Gasteiger partial charge in [0, 0.05) is 19.7 Å². The molecule has 1 atom stereocenters. The van der Waals surface area contributed by atoms with Crippen molar-refractivity contribution in [2.75, 3.05) is 33.4 Å². The molecule has 0 radical (unpaired) electrons. The molecule has 0 aliphatic carbocycles. The number of rotatable bonds is 7. The van der Waals surface area contributed by atoms with E-state index in [9.17, 15) is 4.79 Å². The fourth-order valence-corrected chi connectivity index (χ4v) is 2.59. The van der Waals surface area contributed by atoms with Gasteiger partial charge in [-0.05, 0) is 45.4 Å². The van der Waals surface area contributed by atoms with E-state index in [0.717, 1.165) is 26.1 Å². The van der Waals surface area contributed by atoms with E-state index in [1.807, 2.05) is 18.2 Å². The van der Waals surface area contributed by atoms with E-state index in [1.54, 1.807) is 13.0 Å². The summed E-state index contributed by atoms with van der Waals surface area (Å²) in [5.41, 5.74) is 0.649. The fraction of sp³-hybridized carbons (Fsp3) is 0.588. The molecular weight excluding hydrogens is 266 g/mol. The molecule has 1 aromatic rings. The third-order valence-electron chi connectivity index (χ3n) is 3.79. The van der Waals surface area contributed by atoms with Crippen LogP contribution in [0.5, 0.6) is 5.75 Å². The molecule has 1 aromatic carbocycles. The molecule has 0 amide bonds. The summed E-state index contributed by atoms with van der Waals surface area (Å²) < 4.78 is 11.5. The van der Waals surface area contributed by atoms with E-state index in [1.165, 1.54) is 12.8 Å². The average Bonchev–Trinajstić information content (AvgIpc) is 2.48. The predicted octanol–water partition coefficient (Wildman–Crippen LogP) is 2.77. The molecule has 116 valence electrons. The minimum atomic E-state index is 0.0366. The Morgan fingerprint density at radius 1 is 1.38 bits per heavy atom. The van der Waals surface area contributed by atoms with Gasteiger partial charge in [-0.25, -0.2) is 0 Å². The number of nitrogens with zero attached hydrogens (tertiary/aromatic N) is 1. The van der Waals surface area contributed by atoms with Crippen molar-refractivity contribution in [1.29, 1.82) is 0 Å². The van der Waals surface area contributed by atoms with Crippen LogP contribution >= 0.6 is 0 Å². The largest absolute Gasteiger partial charge is 0.491 e. The maximum absolute atomic E-state index is 11.5. The molecule has 1 aliphatic rings. The van der Waals surface area contributed by atoms with E-state index in [2.05, 4.69) is 11.9 Å². The molecule has 0 bridgehead atoms. The van der Waals surface area contributed by atoms with E-state index in [-0.39, 0.29) is 5.78 Å². The number of carbonyl (C=O) groups is 1. The minimum absolute atomic E-state index is 0.0366. The zero-order valence-electron chi connectivity index (χ0n) is 13.0. The van der Waals surface area contributed by atoms with Gasteiger partial charge >= 0.3 is 0 Å². The second kappa shape index (κ2) is 8.15. The molecule has 1 aliphatic heterocycles. The van der Waals surface area contributed by atoms with E-state index in [4.69, 9.17) is 9.47 Å². The fourth-order valence-electron chi connectivity index (χ4n) is 2.59. The SMILES string of the molecule is CC(=O)c1ccccc1OCCN(C)CC1CCCCO1. The molecule has 1 heterocycles. The summed E-state index contributed by atoms with van der Waals surface area (Å²) in [6.07, 6.45) is 3.96. The Balaban J connectivity index is 1.74. The first-order valence-corrected chi connectivity index (χ1v) is 7.69. The Morgan fingerprint density at radius 2 is 2.19 bits per heavy atom. The number of para-hydroxylation sites is 1. The zero-order chi connectivity index (χ0) is 15.1. The van der Waals surface area contributed by atoms with Crippen molar-refractivity contribution in [3.8, 4) is 5.75 Å². The molecule has 0 N–H and O–H groups in total. The van der Waals surface area contributed by atoms with Gasteiger partial charge in [0.15, 0.2) is 5.78 Å². The summed E-state index contributed by atoms with van der Waals surface area (Å²) in [7, 11) is 2.08. The summed E-state index contributed by atoms with van der Waals surface area (Å²) in [6, 6.07) is 7.40. The van der Waals surface area contributed by atoms with Gasteiger partial charge in [-0.1, -0.05) is 12.1 Å². The van der Waals surface area contributed by atoms with Crippen molar-refractivity contribution in [3.05, 3.63) is 29.8 Å². The number of benzene rings is 1. The van der Waals surface area contributed by atoms with Gasteiger partial charge in [0.25, 0.3) is 0 Å². The number of likely N-dealkylation sites (N-methyl/N-ethyl adjacent to an activating group) is 1. The van der Waals surface area contributed by atoms with E-state index in [0.29, 0.717) is 24.0 Å². The lowest BCUT2D eigenvalue weighted by Gasteiger charge is -2.27. The molecule has 4 heteroatoms. The monoisotopic (exact) mass is 291 g/mol. The highest BCUT2D eigenvalue weighted by Crippen LogP contribution is 2.18. The highest BCUT2D eigenvalue weighted by atomic mass is 16.5. The standard InChI is InChI=1S/C17H25NO3/c1-14(19)16-8-3-4-9-17(16)21-12-10-18(2)13-15-7-5-6-11-20-15/h3-4,8-9,15H,5-7,10-13H2,1-2H3. The molecule has 0 aromatic heterocycles. The van der Waals surface area contributed by atoms with Gasteiger partial charge in [-0.3, -0.25) is 4.79 Å². The molecule has 21 heavy (non-hydrogen) atoms. The second-order valence-corrected chi connectivity index (χ2v) is 5.65. The molecule has 1 fully saturated rings. The number of carbonyl (C=O) groups excluding carboxylic acids is 1. The first kappa shape index (κ1) is 16.0. The molecule has 0 saturated carbocycles. The summed E-state index contributed by atoms with van der Waals surface area (Å²) >= 11 is 0. The molecule has 2 rings (SSSR count). The van der Waals surface area contributed by atoms with Crippen LogP contribution in [0, 0.1) is 0 Å².